The lowest BCUT2D eigenvalue weighted by molar-refractivity contribution is 0.0275. The Morgan fingerprint density at radius 3 is 2.32 bits per heavy atom. The average Bonchev–Trinajstić information content (AvgIpc) is 2.93. The van der Waals surface area contributed by atoms with Crippen LogP contribution in [0.2, 0.25) is 0 Å². The summed E-state index contributed by atoms with van der Waals surface area (Å²) >= 11 is 0. The van der Waals surface area contributed by atoms with Crippen LogP contribution in [-0.4, -0.2) is 57.9 Å². The van der Waals surface area contributed by atoms with Crippen molar-refractivity contribution in [3.8, 4) is 5.75 Å². The fourth-order valence-corrected chi connectivity index (χ4v) is 2.47. The number of hydrogen-bond acceptors (Lipinski definition) is 5. The SMILES string of the molecule is CC(C)(C)OC(=O)N1CCC(Oc2ccc(C(=O)O)c(C(=O)O)c2)C1. The molecule has 0 bridgehead atoms. The van der Waals surface area contributed by atoms with E-state index in [2.05, 4.69) is 0 Å². The number of amides is 1. The smallest absolute Gasteiger partial charge is 0.410 e. The summed E-state index contributed by atoms with van der Waals surface area (Å²) in [7, 11) is 0. The highest BCUT2D eigenvalue weighted by molar-refractivity contribution is 6.02. The first-order chi connectivity index (χ1) is 11.6. The summed E-state index contributed by atoms with van der Waals surface area (Å²) in [5, 5.41) is 18.2. The van der Waals surface area contributed by atoms with Crippen LogP contribution in [0.25, 0.3) is 0 Å². The highest BCUT2D eigenvalue weighted by Crippen LogP contribution is 2.23. The van der Waals surface area contributed by atoms with E-state index in [0.29, 0.717) is 19.5 Å². The summed E-state index contributed by atoms with van der Waals surface area (Å²) in [5.74, 6) is -2.41. The average molecular weight is 351 g/mol. The molecule has 1 fully saturated rings. The predicted octanol–water partition coefficient (Wildman–Crippen LogP) is 2.47. The molecule has 8 nitrogen and oxygen atoms in total. The van der Waals surface area contributed by atoms with Gasteiger partial charge in [-0.15, -0.1) is 0 Å². The summed E-state index contributed by atoms with van der Waals surface area (Å²) in [4.78, 5) is 35.8. The number of carboxylic acids is 2. The minimum atomic E-state index is -1.34. The minimum Gasteiger partial charge on any atom is -0.488 e. The molecule has 2 N–H and O–H groups in total. The van der Waals surface area contributed by atoms with Gasteiger partial charge in [-0.05, 0) is 39.0 Å². The van der Waals surface area contributed by atoms with Crippen molar-refractivity contribution in [2.45, 2.75) is 38.9 Å². The molecule has 1 aromatic carbocycles. The molecule has 1 aliphatic rings. The van der Waals surface area contributed by atoms with Gasteiger partial charge in [-0.25, -0.2) is 14.4 Å². The summed E-state index contributed by atoms with van der Waals surface area (Å²) in [6.07, 6.45) is -0.168. The molecule has 1 unspecified atom stereocenters. The van der Waals surface area contributed by atoms with Gasteiger partial charge < -0.3 is 24.6 Å². The molecule has 0 radical (unpaired) electrons. The van der Waals surface area contributed by atoms with Gasteiger partial charge >= 0.3 is 18.0 Å². The van der Waals surface area contributed by atoms with E-state index in [4.69, 9.17) is 19.7 Å². The van der Waals surface area contributed by atoms with E-state index in [1.807, 2.05) is 0 Å². The van der Waals surface area contributed by atoms with Crippen LogP contribution in [-0.2, 0) is 4.74 Å². The van der Waals surface area contributed by atoms with E-state index in [-0.39, 0.29) is 23.0 Å². The first-order valence-electron chi connectivity index (χ1n) is 7.82. The van der Waals surface area contributed by atoms with E-state index in [9.17, 15) is 14.4 Å². The fraction of sp³-hybridized carbons (Fsp3) is 0.471. The van der Waals surface area contributed by atoms with Crippen LogP contribution >= 0.6 is 0 Å². The van der Waals surface area contributed by atoms with Gasteiger partial charge in [-0.2, -0.15) is 0 Å². The maximum absolute atomic E-state index is 12.0. The summed E-state index contributed by atoms with van der Waals surface area (Å²) in [6, 6.07) is 3.79. The lowest BCUT2D eigenvalue weighted by Crippen LogP contribution is -2.36. The fourth-order valence-electron chi connectivity index (χ4n) is 2.47. The van der Waals surface area contributed by atoms with Crippen LogP contribution < -0.4 is 4.74 Å². The largest absolute Gasteiger partial charge is 0.488 e. The van der Waals surface area contributed by atoms with Crippen LogP contribution in [0.15, 0.2) is 18.2 Å². The van der Waals surface area contributed by atoms with E-state index in [1.54, 1.807) is 20.8 Å². The number of ether oxygens (including phenoxy) is 2. The predicted molar refractivity (Wildman–Crippen MR) is 87.2 cm³/mol. The first kappa shape index (κ1) is 18.6. The van der Waals surface area contributed by atoms with Gasteiger partial charge in [0.05, 0.1) is 17.7 Å². The number of aromatic carboxylic acids is 2. The van der Waals surface area contributed by atoms with E-state index >= 15 is 0 Å². The summed E-state index contributed by atoms with van der Waals surface area (Å²) in [5.41, 5.74) is -1.23. The van der Waals surface area contributed by atoms with Gasteiger partial charge in [-0.1, -0.05) is 0 Å². The van der Waals surface area contributed by atoms with Crippen molar-refractivity contribution in [2.24, 2.45) is 0 Å². The molecule has 1 heterocycles. The Bertz CT molecular complexity index is 693. The molecule has 0 spiro atoms. The molecule has 2 rings (SSSR count). The maximum atomic E-state index is 12.0. The normalized spacial score (nSPS) is 17.2. The zero-order chi connectivity index (χ0) is 18.8. The number of hydrogen-bond donors (Lipinski definition) is 2. The zero-order valence-corrected chi connectivity index (χ0v) is 14.3. The number of likely N-dealkylation sites (tertiary alicyclic amines) is 1. The Morgan fingerprint density at radius 2 is 1.76 bits per heavy atom. The van der Waals surface area contributed by atoms with Gasteiger partial charge in [0.25, 0.3) is 0 Å². The van der Waals surface area contributed by atoms with Crippen LogP contribution in [0, 0.1) is 0 Å². The van der Waals surface area contributed by atoms with Crippen molar-refractivity contribution in [2.75, 3.05) is 13.1 Å². The molecule has 136 valence electrons. The molecule has 1 amide bonds. The van der Waals surface area contributed by atoms with Gasteiger partial charge in [0.2, 0.25) is 0 Å². The highest BCUT2D eigenvalue weighted by Gasteiger charge is 2.31. The monoisotopic (exact) mass is 351 g/mol. The first-order valence-corrected chi connectivity index (χ1v) is 7.82. The molecule has 8 heteroatoms. The Kier molecular flexibility index (Phi) is 5.20. The van der Waals surface area contributed by atoms with E-state index in [1.165, 1.54) is 23.1 Å². The Balaban J connectivity index is 2.04. The quantitative estimate of drug-likeness (QED) is 0.856. The van der Waals surface area contributed by atoms with Crippen molar-refractivity contribution >= 4 is 18.0 Å². The second-order valence-electron chi connectivity index (χ2n) is 6.77. The van der Waals surface area contributed by atoms with Crippen molar-refractivity contribution in [1.82, 2.24) is 4.90 Å². The van der Waals surface area contributed by atoms with Crippen molar-refractivity contribution in [3.63, 3.8) is 0 Å². The van der Waals surface area contributed by atoms with Gasteiger partial charge in [0.15, 0.2) is 0 Å². The standard InChI is InChI=1S/C17H21NO7/c1-17(2,3)25-16(23)18-7-6-11(9-18)24-10-4-5-12(14(19)20)13(8-10)15(21)22/h4-5,8,11H,6-7,9H2,1-3H3,(H,19,20)(H,21,22). The Morgan fingerprint density at radius 1 is 1.12 bits per heavy atom. The molecule has 0 saturated carbocycles. The topological polar surface area (TPSA) is 113 Å². The van der Waals surface area contributed by atoms with Crippen molar-refractivity contribution in [1.29, 1.82) is 0 Å². The van der Waals surface area contributed by atoms with Crippen LogP contribution in [0.4, 0.5) is 4.79 Å². The molecule has 1 saturated heterocycles. The molecule has 0 aromatic heterocycles. The summed E-state index contributed by atoms with van der Waals surface area (Å²) in [6.45, 7) is 6.14. The lowest BCUT2D eigenvalue weighted by Gasteiger charge is -2.24. The molecule has 1 aromatic rings. The molecular formula is C17H21NO7. The molecule has 25 heavy (non-hydrogen) atoms. The second-order valence-corrected chi connectivity index (χ2v) is 6.77. The Labute approximate surface area is 144 Å². The van der Waals surface area contributed by atoms with Gasteiger partial charge in [0, 0.05) is 13.0 Å². The van der Waals surface area contributed by atoms with Gasteiger partial charge in [-0.3, -0.25) is 0 Å². The lowest BCUT2D eigenvalue weighted by atomic mass is 10.1. The maximum Gasteiger partial charge on any atom is 0.410 e. The highest BCUT2D eigenvalue weighted by atomic mass is 16.6. The van der Waals surface area contributed by atoms with E-state index < -0.39 is 23.6 Å². The number of carbonyl (C=O) groups is 3. The third-order valence-corrected chi connectivity index (χ3v) is 3.55. The van der Waals surface area contributed by atoms with Crippen molar-refractivity contribution in [3.05, 3.63) is 29.3 Å². The number of benzene rings is 1. The molecule has 0 aliphatic carbocycles. The van der Waals surface area contributed by atoms with Gasteiger partial charge in [0.1, 0.15) is 17.5 Å². The third-order valence-electron chi connectivity index (χ3n) is 3.55. The van der Waals surface area contributed by atoms with Crippen LogP contribution in [0.1, 0.15) is 47.9 Å². The summed E-state index contributed by atoms with van der Waals surface area (Å²) < 4.78 is 11.0. The molecule has 1 atom stereocenters. The number of nitrogens with zero attached hydrogens (tertiary/aromatic N) is 1. The minimum absolute atomic E-state index is 0.249. The van der Waals surface area contributed by atoms with Crippen LogP contribution in [0.5, 0.6) is 5.75 Å². The molecular weight excluding hydrogens is 330 g/mol. The van der Waals surface area contributed by atoms with Crippen molar-refractivity contribution < 1.29 is 34.1 Å². The Hall–Kier alpha value is -2.77. The second kappa shape index (κ2) is 7.00. The molecule has 1 aliphatic heterocycles. The number of carbonyl (C=O) groups excluding carboxylic acids is 1. The third kappa shape index (κ3) is 4.85. The zero-order valence-electron chi connectivity index (χ0n) is 14.3. The van der Waals surface area contributed by atoms with E-state index in [0.717, 1.165) is 0 Å². The number of carboxylic acid groups (broad SMARTS) is 2. The number of rotatable bonds is 4. The van der Waals surface area contributed by atoms with Crippen LogP contribution in [0.3, 0.4) is 0 Å².